The lowest BCUT2D eigenvalue weighted by atomic mass is 9.97. The van der Waals surface area contributed by atoms with Gasteiger partial charge in [0.05, 0.1) is 5.92 Å². The van der Waals surface area contributed by atoms with Gasteiger partial charge in [0, 0.05) is 20.1 Å². The molecule has 4 heteroatoms. The van der Waals surface area contributed by atoms with Crippen molar-refractivity contribution in [3.8, 4) is 0 Å². The molecule has 2 aromatic rings. The Hall–Kier alpha value is -1.84. The highest BCUT2D eigenvalue weighted by Gasteiger charge is 2.22. The molecule has 1 unspecified atom stereocenters. The van der Waals surface area contributed by atoms with E-state index in [9.17, 15) is 4.79 Å². The van der Waals surface area contributed by atoms with Gasteiger partial charge in [-0.15, -0.1) is 12.4 Å². The van der Waals surface area contributed by atoms with E-state index >= 15 is 0 Å². The van der Waals surface area contributed by atoms with E-state index in [1.165, 1.54) is 5.56 Å². The van der Waals surface area contributed by atoms with E-state index < -0.39 is 0 Å². The standard InChI is InChI=1S/C18H22N2O.ClH/c1-20(13-12-15-8-4-2-5-9-15)18(21)17(14-19)16-10-6-3-7-11-16;/h2-11,17H,12-14,19H2,1H3;1H. The van der Waals surface area contributed by atoms with Gasteiger partial charge >= 0.3 is 0 Å². The molecule has 0 saturated carbocycles. The van der Waals surface area contributed by atoms with Gasteiger partial charge in [0.1, 0.15) is 0 Å². The number of benzene rings is 2. The molecule has 0 heterocycles. The van der Waals surface area contributed by atoms with E-state index in [1.54, 1.807) is 4.90 Å². The molecule has 0 aliphatic heterocycles. The van der Waals surface area contributed by atoms with Crippen LogP contribution in [0.3, 0.4) is 0 Å². The molecule has 2 aromatic carbocycles. The number of hydrogen-bond donors (Lipinski definition) is 1. The van der Waals surface area contributed by atoms with Gasteiger partial charge in [-0.25, -0.2) is 0 Å². The lowest BCUT2D eigenvalue weighted by Crippen LogP contribution is -2.36. The highest BCUT2D eigenvalue weighted by molar-refractivity contribution is 5.85. The van der Waals surface area contributed by atoms with Crippen molar-refractivity contribution in [2.24, 2.45) is 5.73 Å². The lowest BCUT2D eigenvalue weighted by molar-refractivity contribution is -0.131. The Balaban J connectivity index is 0.00000242. The van der Waals surface area contributed by atoms with Crippen LogP contribution in [0.15, 0.2) is 60.7 Å². The Morgan fingerprint density at radius 2 is 1.59 bits per heavy atom. The Kier molecular flexibility index (Phi) is 7.64. The molecule has 0 aliphatic rings. The van der Waals surface area contributed by atoms with E-state index in [0.29, 0.717) is 13.1 Å². The van der Waals surface area contributed by atoms with Crippen molar-refractivity contribution < 1.29 is 4.79 Å². The monoisotopic (exact) mass is 318 g/mol. The molecule has 3 nitrogen and oxygen atoms in total. The topological polar surface area (TPSA) is 46.3 Å². The first-order valence-corrected chi connectivity index (χ1v) is 7.26. The molecule has 0 spiro atoms. The molecule has 0 aromatic heterocycles. The average Bonchev–Trinajstić information content (AvgIpc) is 2.55. The van der Waals surface area contributed by atoms with Gasteiger partial charge < -0.3 is 10.6 Å². The van der Waals surface area contributed by atoms with Crippen LogP contribution in [0.25, 0.3) is 0 Å². The second-order valence-electron chi connectivity index (χ2n) is 5.19. The minimum atomic E-state index is -0.257. The number of hydrogen-bond acceptors (Lipinski definition) is 2. The summed E-state index contributed by atoms with van der Waals surface area (Å²) in [5.41, 5.74) is 8.02. The van der Waals surface area contributed by atoms with E-state index in [-0.39, 0.29) is 24.2 Å². The molecule has 0 radical (unpaired) electrons. The van der Waals surface area contributed by atoms with Gasteiger partial charge in [-0.1, -0.05) is 60.7 Å². The maximum atomic E-state index is 12.5. The Labute approximate surface area is 138 Å². The van der Waals surface area contributed by atoms with Crippen molar-refractivity contribution in [2.75, 3.05) is 20.1 Å². The quantitative estimate of drug-likeness (QED) is 0.890. The fourth-order valence-corrected chi connectivity index (χ4v) is 2.38. The number of halogens is 1. The van der Waals surface area contributed by atoms with Gasteiger partial charge in [0.25, 0.3) is 0 Å². The third-order valence-corrected chi connectivity index (χ3v) is 3.69. The van der Waals surface area contributed by atoms with Gasteiger partial charge in [-0.05, 0) is 17.5 Å². The predicted octanol–water partition coefficient (Wildman–Crippen LogP) is 2.85. The van der Waals surface area contributed by atoms with E-state index in [0.717, 1.165) is 12.0 Å². The van der Waals surface area contributed by atoms with Crippen LogP contribution in [-0.4, -0.2) is 30.9 Å². The smallest absolute Gasteiger partial charge is 0.231 e. The van der Waals surface area contributed by atoms with Crippen LogP contribution in [0.2, 0.25) is 0 Å². The summed E-state index contributed by atoms with van der Waals surface area (Å²) >= 11 is 0. The van der Waals surface area contributed by atoms with Crippen LogP contribution in [0, 0.1) is 0 Å². The average molecular weight is 319 g/mol. The summed E-state index contributed by atoms with van der Waals surface area (Å²) in [4.78, 5) is 14.3. The van der Waals surface area contributed by atoms with Gasteiger partial charge in [-0.3, -0.25) is 4.79 Å². The van der Waals surface area contributed by atoms with Gasteiger partial charge in [0.2, 0.25) is 5.91 Å². The van der Waals surface area contributed by atoms with E-state index in [1.807, 2.05) is 55.6 Å². The molecule has 0 aliphatic carbocycles. The normalized spacial score (nSPS) is 11.4. The van der Waals surface area contributed by atoms with Crippen molar-refractivity contribution in [3.05, 3.63) is 71.8 Å². The number of carbonyl (C=O) groups is 1. The van der Waals surface area contributed by atoms with Gasteiger partial charge in [-0.2, -0.15) is 0 Å². The zero-order chi connectivity index (χ0) is 15.1. The Morgan fingerprint density at radius 3 is 2.14 bits per heavy atom. The van der Waals surface area contributed by atoms with Crippen LogP contribution >= 0.6 is 12.4 Å². The van der Waals surface area contributed by atoms with Crippen LogP contribution in [-0.2, 0) is 11.2 Å². The number of nitrogens with two attached hydrogens (primary N) is 1. The van der Waals surface area contributed by atoms with Crippen LogP contribution in [0.4, 0.5) is 0 Å². The molecule has 2 N–H and O–H groups in total. The first kappa shape index (κ1) is 18.2. The fraction of sp³-hybridized carbons (Fsp3) is 0.278. The third-order valence-electron chi connectivity index (χ3n) is 3.69. The minimum absolute atomic E-state index is 0. The largest absolute Gasteiger partial charge is 0.345 e. The SMILES string of the molecule is CN(CCc1ccccc1)C(=O)C(CN)c1ccccc1.Cl. The second-order valence-corrected chi connectivity index (χ2v) is 5.19. The van der Waals surface area contributed by atoms with Crippen LogP contribution < -0.4 is 5.73 Å². The van der Waals surface area contributed by atoms with Gasteiger partial charge in [0.15, 0.2) is 0 Å². The molecule has 0 saturated heterocycles. The minimum Gasteiger partial charge on any atom is -0.345 e. The maximum absolute atomic E-state index is 12.5. The molecule has 1 atom stereocenters. The number of nitrogens with zero attached hydrogens (tertiary/aromatic N) is 1. The molecule has 0 fully saturated rings. The molecule has 0 bridgehead atoms. The second kappa shape index (κ2) is 9.23. The highest BCUT2D eigenvalue weighted by Crippen LogP contribution is 2.17. The first-order chi connectivity index (χ1) is 10.2. The molecule has 118 valence electrons. The Bertz CT molecular complexity index is 560. The summed E-state index contributed by atoms with van der Waals surface area (Å²) in [6.45, 7) is 1.03. The first-order valence-electron chi connectivity index (χ1n) is 7.26. The summed E-state index contributed by atoms with van der Waals surface area (Å²) in [6.07, 6.45) is 0.856. The number of carbonyl (C=O) groups excluding carboxylic acids is 1. The zero-order valence-electron chi connectivity index (χ0n) is 12.8. The molecule has 22 heavy (non-hydrogen) atoms. The fourth-order valence-electron chi connectivity index (χ4n) is 2.38. The number of rotatable bonds is 6. The van der Waals surface area contributed by atoms with Crippen molar-refractivity contribution in [1.29, 1.82) is 0 Å². The molecular formula is C18H23ClN2O. The summed E-state index contributed by atoms with van der Waals surface area (Å²) in [5, 5.41) is 0. The summed E-state index contributed by atoms with van der Waals surface area (Å²) in [6, 6.07) is 19.9. The zero-order valence-corrected chi connectivity index (χ0v) is 13.6. The van der Waals surface area contributed by atoms with Crippen LogP contribution in [0.1, 0.15) is 17.0 Å². The maximum Gasteiger partial charge on any atom is 0.231 e. The van der Waals surface area contributed by atoms with Crippen molar-refractivity contribution in [2.45, 2.75) is 12.3 Å². The predicted molar refractivity (Wildman–Crippen MR) is 93.3 cm³/mol. The lowest BCUT2D eigenvalue weighted by Gasteiger charge is -2.23. The molecule has 2 rings (SSSR count). The number of likely N-dealkylation sites (N-methyl/N-ethyl adjacent to an activating group) is 1. The number of amides is 1. The Morgan fingerprint density at radius 1 is 1.05 bits per heavy atom. The van der Waals surface area contributed by atoms with Crippen molar-refractivity contribution in [3.63, 3.8) is 0 Å². The summed E-state index contributed by atoms with van der Waals surface area (Å²) < 4.78 is 0. The summed E-state index contributed by atoms with van der Waals surface area (Å²) in [7, 11) is 1.84. The summed E-state index contributed by atoms with van der Waals surface area (Å²) in [5.74, 6) is -0.174. The van der Waals surface area contributed by atoms with E-state index in [4.69, 9.17) is 5.73 Å². The molecular weight excluding hydrogens is 296 g/mol. The van der Waals surface area contributed by atoms with E-state index in [2.05, 4.69) is 12.1 Å². The third kappa shape index (κ3) is 4.86. The highest BCUT2D eigenvalue weighted by atomic mass is 35.5. The van der Waals surface area contributed by atoms with Crippen molar-refractivity contribution in [1.82, 2.24) is 4.90 Å². The molecule has 1 amide bonds. The van der Waals surface area contributed by atoms with Crippen LogP contribution in [0.5, 0.6) is 0 Å². The van der Waals surface area contributed by atoms with Crippen molar-refractivity contribution >= 4 is 18.3 Å².